The molecule has 1 unspecified atom stereocenters. The highest BCUT2D eigenvalue weighted by Crippen LogP contribution is 2.23. The number of carbonyl (C=O) groups is 3. The monoisotopic (exact) mass is 416 g/mol. The van der Waals surface area contributed by atoms with Gasteiger partial charge < -0.3 is 14.6 Å². The van der Waals surface area contributed by atoms with Gasteiger partial charge in [0.1, 0.15) is 11.5 Å². The lowest BCUT2D eigenvalue weighted by atomic mass is 9.98. The summed E-state index contributed by atoms with van der Waals surface area (Å²) in [4.78, 5) is 42.7. The second-order valence-electron chi connectivity index (χ2n) is 7.90. The fraction of sp³-hybridized carbons (Fsp3) is 0.435. The number of benzene rings is 1. The van der Waals surface area contributed by atoms with Crippen molar-refractivity contribution in [1.82, 2.24) is 9.88 Å². The Balaban J connectivity index is 2.39. The maximum atomic E-state index is 13.4. The summed E-state index contributed by atoms with van der Waals surface area (Å²) in [6.45, 7) is 9.11. The molecule has 0 radical (unpaired) electrons. The number of halogens is 1. The van der Waals surface area contributed by atoms with Gasteiger partial charge in [0.25, 0.3) is 0 Å². The van der Waals surface area contributed by atoms with Crippen LogP contribution < -0.4 is 0 Å². The van der Waals surface area contributed by atoms with E-state index in [0.29, 0.717) is 16.8 Å². The van der Waals surface area contributed by atoms with Crippen molar-refractivity contribution in [3.63, 3.8) is 0 Å². The molecule has 30 heavy (non-hydrogen) atoms. The van der Waals surface area contributed by atoms with Gasteiger partial charge in [0.15, 0.2) is 5.78 Å². The molecule has 0 aliphatic heterocycles. The Labute approximate surface area is 176 Å². The van der Waals surface area contributed by atoms with Crippen LogP contribution in [0.4, 0.5) is 4.39 Å². The molecule has 0 saturated carbocycles. The van der Waals surface area contributed by atoms with Gasteiger partial charge in [-0.3, -0.25) is 9.59 Å². The number of aromatic amines is 1. The molecule has 1 amide bonds. The van der Waals surface area contributed by atoms with Gasteiger partial charge >= 0.3 is 5.97 Å². The molecule has 1 aromatic heterocycles. The van der Waals surface area contributed by atoms with E-state index in [1.165, 1.54) is 24.1 Å². The van der Waals surface area contributed by atoms with E-state index >= 15 is 0 Å². The molecule has 0 saturated heterocycles. The zero-order valence-corrected chi connectivity index (χ0v) is 18.3. The van der Waals surface area contributed by atoms with Crippen molar-refractivity contribution in [3.05, 3.63) is 58.2 Å². The maximum Gasteiger partial charge on any atom is 0.354 e. The van der Waals surface area contributed by atoms with E-state index in [0.717, 1.165) is 5.56 Å². The molecule has 1 atom stereocenters. The van der Waals surface area contributed by atoms with Crippen molar-refractivity contribution in [1.29, 1.82) is 0 Å². The molecule has 0 fully saturated rings. The normalized spacial score (nSPS) is 12.0. The first-order valence-electron chi connectivity index (χ1n) is 9.92. The fourth-order valence-electron chi connectivity index (χ4n) is 3.47. The molecule has 2 aromatic rings. The van der Waals surface area contributed by atoms with Crippen LogP contribution in [0.3, 0.4) is 0 Å². The molecule has 6 nitrogen and oxygen atoms in total. The molecule has 0 aliphatic rings. The first kappa shape index (κ1) is 23.3. The number of methoxy groups -OCH3 is 1. The molecule has 1 heterocycles. The van der Waals surface area contributed by atoms with Gasteiger partial charge in [-0.2, -0.15) is 0 Å². The predicted molar refractivity (Wildman–Crippen MR) is 112 cm³/mol. The lowest BCUT2D eigenvalue weighted by Gasteiger charge is -2.29. The quantitative estimate of drug-likeness (QED) is 0.517. The van der Waals surface area contributed by atoms with Crippen LogP contribution in [-0.2, 0) is 16.1 Å². The number of esters is 1. The Morgan fingerprint density at radius 2 is 1.70 bits per heavy atom. The second kappa shape index (κ2) is 9.69. The Bertz CT molecular complexity index is 931. The van der Waals surface area contributed by atoms with Gasteiger partial charge in [0.2, 0.25) is 5.91 Å². The second-order valence-corrected chi connectivity index (χ2v) is 7.90. The summed E-state index contributed by atoms with van der Waals surface area (Å²) in [5.74, 6) is -1.22. The van der Waals surface area contributed by atoms with Crippen molar-refractivity contribution in [2.24, 2.45) is 5.92 Å². The average molecular weight is 416 g/mol. The third-order valence-corrected chi connectivity index (χ3v) is 5.09. The van der Waals surface area contributed by atoms with Crippen LogP contribution in [0.25, 0.3) is 0 Å². The number of amides is 1. The minimum absolute atomic E-state index is 0.122. The van der Waals surface area contributed by atoms with Gasteiger partial charge in [-0.25, -0.2) is 9.18 Å². The third kappa shape index (κ3) is 5.14. The van der Waals surface area contributed by atoms with Crippen LogP contribution in [-0.4, -0.2) is 40.7 Å². The Morgan fingerprint density at radius 1 is 1.10 bits per heavy atom. The number of nitrogens with one attached hydrogen (secondary N) is 1. The number of hydrogen-bond acceptors (Lipinski definition) is 4. The van der Waals surface area contributed by atoms with Gasteiger partial charge in [-0.15, -0.1) is 0 Å². The van der Waals surface area contributed by atoms with Crippen LogP contribution in [0.15, 0.2) is 24.3 Å². The molecular formula is C23H29FN2O4. The van der Waals surface area contributed by atoms with Gasteiger partial charge in [0.05, 0.1) is 13.2 Å². The molecule has 7 heteroatoms. The number of ketones is 1. The number of carbonyl (C=O) groups excluding carboxylic acids is 3. The number of Topliss-reactive ketones (excluding diaryl/α,β-unsaturated/α-hetero) is 1. The van der Waals surface area contributed by atoms with Crippen molar-refractivity contribution >= 4 is 17.7 Å². The number of ether oxygens (including phenoxy) is 1. The largest absolute Gasteiger partial charge is 0.464 e. The summed E-state index contributed by atoms with van der Waals surface area (Å²) in [5.41, 5.74) is 2.37. The number of aromatic nitrogens is 1. The number of nitrogens with zero attached hydrogens (tertiary/aromatic N) is 1. The molecule has 2 rings (SSSR count). The van der Waals surface area contributed by atoms with E-state index in [9.17, 15) is 18.8 Å². The lowest BCUT2D eigenvalue weighted by molar-refractivity contribution is -0.133. The molecule has 0 aliphatic carbocycles. The minimum atomic E-state index is -0.764. The molecule has 1 aromatic carbocycles. The third-order valence-electron chi connectivity index (χ3n) is 5.09. The van der Waals surface area contributed by atoms with E-state index in [4.69, 9.17) is 4.74 Å². The van der Waals surface area contributed by atoms with E-state index in [-0.39, 0.29) is 42.1 Å². The molecule has 1 N–H and O–H groups in total. The van der Waals surface area contributed by atoms with E-state index in [1.54, 1.807) is 32.9 Å². The highest BCUT2D eigenvalue weighted by Gasteiger charge is 2.31. The van der Waals surface area contributed by atoms with Crippen LogP contribution in [0.5, 0.6) is 0 Å². The summed E-state index contributed by atoms with van der Waals surface area (Å²) in [5, 5.41) is 0. The Kier molecular flexibility index (Phi) is 7.54. The van der Waals surface area contributed by atoms with Crippen molar-refractivity contribution in [2.45, 2.75) is 53.6 Å². The summed E-state index contributed by atoms with van der Waals surface area (Å²) < 4.78 is 18.0. The summed E-state index contributed by atoms with van der Waals surface area (Å²) >= 11 is 0. The molecule has 162 valence electrons. The van der Waals surface area contributed by atoms with Gasteiger partial charge in [0, 0.05) is 24.2 Å². The van der Waals surface area contributed by atoms with Crippen LogP contribution >= 0.6 is 0 Å². The van der Waals surface area contributed by atoms with Gasteiger partial charge in [-0.05, 0) is 49.9 Å². The number of H-pyrrole nitrogens is 1. The fourth-order valence-corrected chi connectivity index (χ4v) is 3.47. The predicted octanol–water partition coefficient (Wildman–Crippen LogP) is 4.20. The number of hydrogen-bond donors (Lipinski definition) is 1. The van der Waals surface area contributed by atoms with E-state index in [2.05, 4.69) is 4.98 Å². The van der Waals surface area contributed by atoms with E-state index in [1.807, 2.05) is 13.8 Å². The standard InChI is InChI=1S/C23H29FN2O4/c1-13(2)11-19(27)26(12-17-7-9-18(24)10-8-17)16(5)22(28)20-14(3)21(23(29)30-6)25-15(20)4/h7-10,13,16,25H,11-12H2,1-6H3. The van der Waals surface area contributed by atoms with Crippen molar-refractivity contribution in [3.8, 4) is 0 Å². The van der Waals surface area contributed by atoms with E-state index < -0.39 is 12.0 Å². The zero-order valence-electron chi connectivity index (χ0n) is 18.3. The number of aryl methyl sites for hydroxylation is 1. The first-order valence-corrected chi connectivity index (χ1v) is 9.92. The zero-order chi connectivity index (χ0) is 22.6. The molecular weight excluding hydrogens is 387 g/mol. The van der Waals surface area contributed by atoms with Crippen LogP contribution in [0.1, 0.15) is 64.9 Å². The topological polar surface area (TPSA) is 79.5 Å². The van der Waals surface area contributed by atoms with Crippen LogP contribution in [0.2, 0.25) is 0 Å². The maximum absolute atomic E-state index is 13.4. The summed E-state index contributed by atoms with van der Waals surface area (Å²) in [7, 11) is 1.27. The summed E-state index contributed by atoms with van der Waals surface area (Å²) in [6.07, 6.45) is 0.289. The first-order chi connectivity index (χ1) is 14.1. The van der Waals surface area contributed by atoms with Gasteiger partial charge in [-0.1, -0.05) is 26.0 Å². The Morgan fingerprint density at radius 3 is 2.23 bits per heavy atom. The number of rotatable bonds is 8. The van der Waals surface area contributed by atoms with Crippen molar-refractivity contribution < 1.29 is 23.5 Å². The van der Waals surface area contributed by atoms with Crippen LogP contribution in [0, 0.1) is 25.6 Å². The Hall–Kier alpha value is -2.96. The lowest BCUT2D eigenvalue weighted by Crippen LogP contribution is -2.43. The molecule has 0 spiro atoms. The average Bonchev–Trinajstić information content (AvgIpc) is 2.99. The molecule has 0 bridgehead atoms. The van der Waals surface area contributed by atoms with Crippen molar-refractivity contribution in [2.75, 3.05) is 7.11 Å². The minimum Gasteiger partial charge on any atom is -0.464 e. The summed E-state index contributed by atoms with van der Waals surface area (Å²) in [6, 6.07) is 5.10. The SMILES string of the molecule is COC(=O)c1[nH]c(C)c(C(=O)C(C)N(Cc2ccc(F)cc2)C(=O)CC(C)C)c1C. The smallest absolute Gasteiger partial charge is 0.354 e. The highest BCUT2D eigenvalue weighted by molar-refractivity contribution is 6.06. The highest BCUT2D eigenvalue weighted by atomic mass is 19.1.